The van der Waals surface area contributed by atoms with Crippen LogP contribution >= 0.6 is 11.8 Å². The van der Waals surface area contributed by atoms with Crippen molar-refractivity contribution in [1.82, 2.24) is 0 Å². The summed E-state index contributed by atoms with van der Waals surface area (Å²) in [6, 6.07) is 8.05. The van der Waals surface area contributed by atoms with Gasteiger partial charge in [-0.05, 0) is 18.9 Å². The molecular weight excluding hydrogens is 242 g/mol. The molecule has 3 heteroatoms. The summed E-state index contributed by atoms with van der Waals surface area (Å²) in [5.74, 6) is 2.04. The predicted octanol–water partition coefficient (Wildman–Crippen LogP) is 3.59. The Labute approximate surface area is 114 Å². The number of nitrogens with two attached hydrogens (primary N) is 1. The summed E-state index contributed by atoms with van der Waals surface area (Å²) < 4.78 is 5.82. The van der Waals surface area contributed by atoms with Gasteiger partial charge in [0.2, 0.25) is 0 Å². The standard InChI is InChI=1S/C15H23NOS/c16-12-13-6-4-5-9-15(13)17-10-11-18-14-7-2-1-3-8-14/h4-6,9,14H,1-3,7-8,10-12,16H2. The molecule has 2 N–H and O–H groups in total. The van der Waals surface area contributed by atoms with Crippen LogP contribution in [0.5, 0.6) is 5.75 Å². The van der Waals surface area contributed by atoms with Crippen molar-refractivity contribution in [1.29, 1.82) is 0 Å². The van der Waals surface area contributed by atoms with Gasteiger partial charge in [-0.15, -0.1) is 0 Å². The molecule has 1 aliphatic rings. The summed E-state index contributed by atoms with van der Waals surface area (Å²) in [6.45, 7) is 1.34. The quantitative estimate of drug-likeness (QED) is 0.798. The molecule has 0 unspecified atom stereocenters. The summed E-state index contributed by atoms with van der Waals surface area (Å²) in [4.78, 5) is 0. The number of benzene rings is 1. The lowest BCUT2D eigenvalue weighted by atomic mass is 10.0. The summed E-state index contributed by atoms with van der Waals surface area (Å²) >= 11 is 2.07. The molecule has 0 aromatic heterocycles. The van der Waals surface area contributed by atoms with Gasteiger partial charge in [-0.25, -0.2) is 0 Å². The molecule has 2 nitrogen and oxygen atoms in total. The molecule has 1 saturated carbocycles. The molecule has 100 valence electrons. The van der Waals surface area contributed by atoms with E-state index in [-0.39, 0.29) is 0 Å². The van der Waals surface area contributed by atoms with Gasteiger partial charge in [0.05, 0.1) is 6.61 Å². The second kappa shape index (κ2) is 7.70. The smallest absolute Gasteiger partial charge is 0.123 e. The van der Waals surface area contributed by atoms with Crippen molar-refractivity contribution in [2.24, 2.45) is 5.73 Å². The monoisotopic (exact) mass is 265 g/mol. The molecule has 0 aliphatic heterocycles. The maximum absolute atomic E-state index is 5.82. The largest absolute Gasteiger partial charge is 0.492 e. The molecule has 0 saturated heterocycles. The Morgan fingerprint density at radius 3 is 2.72 bits per heavy atom. The minimum absolute atomic E-state index is 0.548. The van der Waals surface area contributed by atoms with Crippen molar-refractivity contribution in [3.05, 3.63) is 29.8 Å². The lowest BCUT2D eigenvalue weighted by Gasteiger charge is -2.21. The fourth-order valence-electron chi connectivity index (χ4n) is 2.41. The Morgan fingerprint density at radius 1 is 1.17 bits per heavy atom. The van der Waals surface area contributed by atoms with Gasteiger partial charge in [0, 0.05) is 23.1 Å². The SMILES string of the molecule is NCc1ccccc1OCCSC1CCCCC1. The van der Waals surface area contributed by atoms with E-state index in [9.17, 15) is 0 Å². The molecule has 1 fully saturated rings. The van der Waals surface area contributed by atoms with Crippen LogP contribution in [0.15, 0.2) is 24.3 Å². The number of para-hydroxylation sites is 1. The minimum Gasteiger partial charge on any atom is -0.492 e. The van der Waals surface area contributed by atoms with E-state index in [1.54, 1.807) is 0 Å². The summed E-state index contributed by atoms with van der Waals surface area (Å²) in [7, 11) is 0. The third-order valence-electron chi connectivity index (χ3n) is 3.44. The normalized spacial score (nSPS) is 16.7. The number of rotatable bonds is 6. The summed E-state index contributed by atoms with van der Waals surface area (Å²) in [5.41, 5.74) is 6.78. The maximum Gasteiger partial charge on any atom is 0.123 e. The predicted molar refractivity (Wildman–Crippen MR) is 79.2 cm³/mol. The summed E-state index contributed by atoms with van der Waals surface area (Å²) in [6.07, 6.45) is 7.04. The van der Waals surface area contributed by atoms with Crippen LogP contribution in [0, 0.1) is 0 Å². The third kappa shape index (κ3) is 4.21. The second-order valence-electron chi connectivity index (χ2n) is 4.79. The van der Waals surface area contributed by atoms with E-state index in [2.05, 4.69) is 11.8 Å². The first-order chi connectivity index (χ1) is 8.90. The number of ether oxygens (including phenoxy) is 1. The topological polar surface area (TPSA) is 35.2 Å². The highest BCUT2D eigenvalue weighted by Crippen LogP contribution is 2.28. The Kier molecular flexibility index (Phi) is 5.88. The zero-order chi connectivity index (χ0) is 12.6. The average Bonchev–Trinajstić information content (AvgIpc) is 2.45. The molecule has 0 radical (unpaired) electrons. The van der Waals surface area contributed by atoms with Crippen molar-refractivity contribution >= 4 is 11.8 Å². The van der Waals surface area contributed by atoms with Crippen LogP contribution in [0.25, 0.3) is 0 Å². The maximum atomic E-state index is 5.82. The van der Waals surface area contributed by atoms with Crippen LogP contribution in [-0.4, -0.2) is 17.6 Å². The molecule has 0 bridgehead atoms. The molecule has 0 atom stereocenters. The molecule has 1 aromatic carbocycles. The highest BCUT2D eigenvalue weighted by Gasteiger charge is 2.13. The highest BCUT2D eigenvalue weighted by atomic mass is 32.2. The molecule has 0 heterocycles. The highest BCUT2D eigenvalue weighted by molar-refractivity contribution is 7.99. The van der Waals surface area contributed by atoms with E-state index in [4.69, 9.17) is 10.5 Å². The van der Waals surface area contributed by atoms with Gasteiger partial charge in [0.15, 0.2) is 0 Å². The van der Waals surface area contributed by atoms with Crippen LogP contribution in [0.2, 0.25) is 0 Å². The van der Waals surface area contributed by atoms with Crippen molar-refractivity contribution in [2.75, 3.05) is 12.4 Å². The van der Waals surface area contributed by atoms with Gasteiger partial charge in [-0.1, -0.05) is 37.5 Å². The fraction of sp³-hybridized carbons (Fsp3) is 0.600. The van der Waals surface area contributed by atoms with Crippen molar-refractivity contribution in [3.63, 3.8) is 0 Å². The lowest BCUT2D eigenvalue weighted by molar-refractivity contribution is 0.340. The zero-order valence-electron chi connectivity index (χ0n) is 10.9. The van der Waals surface area contributed by atoms with E-state index in [1.165, 1.54) is 32.1 Å². The van der Waals surface area contributed by atoms with Crippen molar-refractivity contribution < 1.29 is 4.74 Å². The van der Waals surface area contributed by atoms with E-state index in [0.717, 1.165) is 28.9 Å². The zero-order valence-corrected chi connectivity index (χ0v) is 11.8. The molecule has 18 heavy (non-hydrogen) atoms. The van der Waals surface area contributed by atoms with Gasteiger partial charge in [-0.2, -0.15) is 11.8 Å². The van der Waals surface area contributed by atoms with Gasteiger partial charge in [0.1, 0.15) is 5.75 Å². The Bertz CT molecular complexity index is 350. The molecule has 2 rings (SSSR count). The molecule has 1 aliphatic carbocycles. The van der Waals surface area contributed by atoms with Gasteiger partial charge >= 0.3 is 0 Å². The first kappa shape index (κ1) is 13.8. The van der Waals surface area contributed by atoms with Crippen LogP contribution < -0.4 is 10.5 Å². The Morgan fingerprint density at radius 2 is 1.94 bits per heavy atom. The molecule has 0 spiro atoms. The van der Waals surface area contributed by atoms with Crippen LogP contribution in [0.4, 0.5) is 0 Å². The van der Waals surface area contributed by atoms with Crippen LogP contribution in [-0.2, 0) is 6.54 Å². The van der Waals surface area contributed by atoms with E-state index < -0.39 is 0 Å². The van der Waals surface area contributed by atoms with Crippen LogP contribution in [0.1, 0.15) is 37.7 Å². The van der Waals surface area contributed by atoms with E-state index >= 15 is 0 Å². The van der Waals surface area contributed by atoms with Crippen molar-refractivity contribution in [2.45, 2.75) is 43.9 Å². The second-order valence-corrected chi connectivity index (χ2v) is 6.20. The Balaban J connectivity index is 1.68. The number of thioether (sulfide) groups is 1. The first-order valence-corrected chi connectivity index (χ1v) is 7.97. The minimum atomic E-state index is 0.548. The Hall–Kier alpha value is -0.670. The van der Waals surface area contributed by atoms with E-state index in [1.807, 2.05) is 24.3 Å². The molecule has 0 amide bonds. The average molecular weight is 265 g/mol. The van der Waals surface area contributed by atoms with Gasteiger partial charge in [-0.3, -0.25) is 0 Å². The molecular formula is C15H23NOS. The first-order valence-electron chi connectivity index (χ1n) is 6.92. The van der Waals surface area contributed by atoms with Crippen LogP contribution in [0.3, 0.4) is 0 Å². The van der Waals surface area contributed by atoms with Gasteiger partial charge in [0.25, 0.3) is 0 Å². The van der Waals surface area contributed by atoms with Gasteiger partial charge < -0.3 is 10.5 Å². The number of hydrogen-bond acceptors (Lipinski definition) is 3. The third-order valence-corrected chi connectivity index (χ3v) is 4.78. The lowest BCUT2D eigenvalue weighted by Crippen LogP contribution is -2.11. The van der Waals surface area contributed by atoms with E-state index in [0.29, 0.717) is 6.54 Å². The summed E-state index contributed by atoms with van der Waals surface area (Å²) in [5, 5.41) is 0.868. The van der Waals surface area contributed by atoms with Crippen molar-refractivity contribution in [3.8, 4) is 5.75 Å². The number of hydrogen-bond donors (Lipinski definition) is 1. The molecule has 1 aromatic rings. The fourth-order valence-corrected chi connectivity index (χ4v) is 3.59.